The van der Waals surface area contributed by atoms with E-state index < -0.39 is 11.7 Å². The molecule has 0 unspecified atom stereocenters. The van der Waals surface area contributed by atoms with Gasteiger partial charge in [0.15, 0.2) is 0 Å². The van der Waals surface area contributed by atoms with Crippen molar-refractivity contribution in [3.63, 3.8) is 0 Å². The molecule has 0 radical (unpaired) electrons. The summed E-state index contributed by atoms with van der Waals surface area (Å²) in [6.07, 6.45) is 1.63. The maximum absolute atomic E-state index is 13.9. The predicted molar refractivity (Wildman–Crippen MR) is 88.5 cm³/mol. The largest absolute Gasteiger partial charge is 0.352 e. The fraction of sp³-hybridized carbons (Fsp3) is 0.235. The topological polar surface area (TPSA) is 60.2 Å². The van der Waals surface area contributed by atoms with E-state index in [1.165, 1.54) is 18.2 Å². The van der Waals surface area contributed by atoms with E-state index >= 15 is 0 Å². The van der Waals surface area contributed by atoms with E-state index in [9.17, 15) is 9.18 Å². The van der Waals surface area contributed by atoms with Crippen LogP contribution >= 0.6 is 11.6 Å². The van der Waals surface area contributed by atoms with E-state index in [0.717, 1.165) is 0 Å². The summed E-state index contributed by atoms with van der Waals surface area (Å²) in [6, 6.07) is 9.73. The minimum absolute atomic E-state index is 0.0943. The molecule has 1 aliphatic heterocycles. The molecule has 0 N–H and O–H groups in total. The molecule has 0 saturated carbocycles. The molecule has 1 aliphatic rings. The van der Waals surface area contributed by atoms with Gasteiger partial charge in [-0.1, -0.05) is 17.7 Å². The van der Waals surface area contributed by atoms with Crippen molar-refractivity contribution >= 4 is 23.3 Å². The highest BCUT2D eigenvalue weighted by Gasteiger charge is 2.27. The Labute approximate surface area is 143 Å². The van der Waals surface area contributed by atoms with Crippen LogP contribution in [0.3, 0.4) is 0 Å². The number of pyridine rings is 1. The Morgan fingerprint density at radius 3 is 2.62 bits per heavy atom. The van der Waals surface area contributed by atoms with Gasteiger partial charge in [0.1, 0.15) is 17.7 Å². The highest BCUT2D eigenvalue weighted by molar-refractivity contribution is 6.33. The number of hydrogen-bond donors (Lipinski definition) is 0. The van der Waals surface area contributed by atoms with Gasteiger partial charge in [-0.2, -0.15) is 5.26 Å². The fourth-order valence-corrected chi connectivity index (χ4v) is 2.96. The molecule has 5 nitrogen and oxygen atoms in total. The predicted octanol–water partition coefficient (Wildman–Crippen LogP) is 2.71. The number of rotatable bonds is 2. The molecule has 0 atom stereocenters. The maximum atomic E-state index is 13.9. The van der Waals surface area contributed by atoms with Gasteiger partial charge in [-0.15, -0.1) is 0 Å². The summed E-state index contributed by atoms with van der Waals surface area (Å²) >= 11 is 5.96. The molecule has 0 aliphatic carbocycles. The van der Waals surface area contributed by atoms with Crippen LogP contribution in [-0.4, -0.2) is 42.0 Å². The third-order valence-corrected chi connectivity index (χ3v) is 4.27. The molecule has 24 heavy (non-hydrogen) atoms. The zero-order valence-corrected chi connectivity index (χ0v) is 13.5. The third-order valence-electron chi connectivity index (χ3n) is 3.95. The molecule has 1 aromatic heterocycles. The molecular formula is C17H14ClFN4O. The monoisotopic (exact) mass is 344 g/mol. The van der Waals surface area contributed by atoms with Crippen LogP contribution in [0.5, 0.6) is 0 Å². The summed E-state index contributed by atoms with van der Waals surface area (Å²) in [6.45, 7) is 1.85. The van der Waals surface area contributed by atoms with Crippen LogP contribution in [0.1, 0.15) is 15.9 Å². The zero-order chi connectivity index (χ0) is 17.1. The molecule has 7 heteroatoms. The Bertz CT molecular complexity index is 792. The number of carbonyl (C=O) groups excluding carboxylic acids is 1. The number of piperazine rings is 1. The van der Waals surface area contributed by atoms with Gasteiger partial charge in [0, 0.05) is 32.4 Å². The van der Waals surface area contributed by atoms with Gasteiger partial charge >= 0.3 is 0 Å². The van der Waals surface area contributed by atoms with E-state index in [-0.39, 0.29) is 10.6 Å². The number of halogens is 2. The van der Waals surface area contributed by atoms with Crippen LogP contribution in [0.2, 0.25) is 5.02 Å². The Morgan fingerprint density at radius 1 is 1.21 bits per heavy atom. The van der Waals surface area contributed by atoms with Gasteiger partial charge in [-0.25, -0.2) is 9.37 Å². The van der Waals surface area contributed by atoms with Gasteiger partial charge < -0.3 is 9.80 Å². The van der Waals surface area contributed by atoms with E-state index in [2.05, 4.69) is 11.1 Å². The summed E-state index contributed by atoms with van der Waals surface area (Å²) in [5.74, 6) is -0.429. The average molecular weight is 345 g/mol. The van der Waals surface area contributed by atoms with Crippen LogP contribution < -0.4 is 4.90 Å². The molecule has 1 amide bonds. The Kier molecular flexibility index (Phi) is 4.63. The van der Waals surface area contributed by atoms with E-state index in [1.54, 1.807) is 23.2 Å². The summed E-state index contributed by atoms with van der Waals surface area (Å²) < 4.78 is 13.9. The molecule has 1 fully saturated rings. The molecule has 2 heterocycles. The zero-order valence-electron chi connectivity index (χ0n) is 12.7. The summed E-state index contributed by atoms with van der Waals surface area (Å²) in [4.78, 5) is 20.3. The van der Waals surface area contributed by atoms with Crippen molar-refractivity contribution in [1.29, 1.82) is 5.26 Å². The second-order valence-corrected chi connectivity index (χ2v) is 5.77. The lowest BCUT2D eigenvalue weighted by Gasteiger charge is -2.35. The van der Waals surface area contributed by atoms with Gasteiger partial charge in [0.2, 0.25) is 0 Å². The number of carbonyl (C=O) groups is 1. The normalized spacial score (nSPS) is 14.4. The molecule has 0 bridgehead atoms. The Hall–Kier alpha value is -2.65. The first-order valence-electron chi connectivity index (χ1n) is 7.45. The highest BCUT2D eigenvalue weighted by atomic mass is 35.5. The molecule has 2 aromatic rings. The highest BCUT2D eigenvalue weighted by Crippen LogP contribution is 2.23. The van der Waals surface area contributed by atoms with Crippen LogP contribution in [0.4, 0.5) is 10.2 Å². The number of benzene rings is 1. The Balaban J connectivity index is 1.74. The molecule has 1 aromatic carbocycles. The molecule has 1 saturated heterocycles. The number of anilines is 1. The van der Waals surface area contributed by atoms with Crippen LogP contribution in [0.15, 0.2) is 36.5 Å². The lowest BCUT2D eigenvalue weighted by molar-refractivity contribution is 0.0742. The first-order chi connectivity index (χ1) is 11.6. The minimum Gasteiger partial charge on any atom is -0.352 e. The summed E-state index contributed by atoms with van der Waals surface area (Å²) in [7, 11) is 0. The van der Waals surface area contributed by atoms with Gasteiger partial charge in [-0.3, -0.25) is 4.79 Å². The number of aromatic nitrogens is 1. The molecule has 122 valence electrons. The van der Waals surface area contributed by atoms with Crippen molar-refractivity contribution in [3.05, 3.63) is 58.5 Å². The lowest BCUT2D eigenvalue weighted by atomic mass is 10.1. The van der Waals surface area contributed by atoms with E-state index in [0.29, 0.717) is 37.6 Å². The van der Waals surface area contributed by atoms with Gasteiger partial charge in [0.05, 0.1) is 16.1 Å². The van der Waals surface area contributed by atoms with Crippen molar-refractivity contribution in [2.45, 2.75) is 0 Å². The van der Waals surface area contributed by atoms with Crippen molar-refractivity contribution < 1.29 is 9.18 Å². The average Bonchev–Trinajstić information content (AvgIpc) is 2.61. The van der Waals surface area contributed by atoms with Gasteiger partial charge in [-0.05, 0) is 24.3 Å². The fourth-order valence-electron chi connectivity index (χ4n) is 2.72. The van der Waals surface area contributed by atoms with Crippen LogP contribution in [0, 0.1) is 17.1 Å². The van der Waals surface area contributed by atoms with Crippen LogP contribution in [0.25, 0.3) is 0 Å². The Morgan fingerprint density at radius 2 is 1.96 bits per heavy atom. The molecular weight excluding hydrogens is 331 g/mol. The first kappa shape index (κ1) is 16.2. The number of nitriles is 1. The van der Waals surface area contributed by atoms with E-state index in [4.69, 9.17) is 16.9 Å². The molecule has 3 rings (SSSR count). The van der Waals surface area contributed by atoms with E-state index in [1.807, 2.05) is 4.90 Å². The van der Waals surface area contributed by atoms with Crippen molar-refractivity contribution in [2.75, 3.05) is 31.1 Å². The summed E-state index contributed by atoms with van der Waals surface area (Å²) in [5.41, 5.74) is 0.401. The standard InChI is InChI=1S/C17H14ClFN4O/c18-13-4-1-5-14(19)15(13)17(24)23-9-7-22(8-10-23)16-12(11-20)3-2-6-21-16/h1-6H,7-10H2. The summed E-state index contributed by atoms with van der Waals surface area (Å²) in [5, 5.41) is 9.27. The quantitative estimate of drug-likeness (QED) is 0.840. The smallest absolute Gasteiger partial charge is 0.258 e. The second-order valence-electron chi connectivity index (χ2n) is 5.36. The number of nitrogens with zero attached hydrogens (tertiary/aromatic N) is 4. The second kappa shape index (κ2) is 6.85. The van der Waals surface area contributed by atoms with Crippen molar-refractivity contribution in [1.82, 2.24) is 9.88 Å². The lowest BCUT2D eigenvalue weighted by Crippen LogP contribution is -2.49. The third kappa shape index (κ3) is 3.03. The van der Waals surface area contributed by atoms with Crippen molar-refractivity contribution in [2.24, 2.45) is 0 Å². The molecule has 0 spiro atoms. The maximum Gasteiger partial charge on any atom is 0.258 e. The SMILES string of the molecule is N#Cc1cccnc1N1CCN(C(=O)c2c(F)cccc2Cl)CC1. The van der Waals surface area contributed by atoms with Crippen LogP contribution in [-0.2, 0) is 0 Å². The number of amides is 1. The first-order valence-corrected chi connectivity index (χ1v) is 7.83. The minimum atomic E-state index is -0.619. The van der Waals surface area contributed by atoms with Crippen molar-refractivity contribution in [3.8, 4) is 6.07 Å². The van der Waals surface area contributed by atoms with Gasteiger partial charge in [0.25, 0.3) is 5.91 Å². The number of hydrogen-bond acceptors (Lipinski definition) is 4.